The highest BCUT2D eigenvalue weighted by atomic mass is 19.1. The average Bonchev–Trinajstić information content (AvgIpc) is 2.73. The number of rotatable bonds is 2. The SMILES string of the molecule is N#Cc1cc(CN2CCCC2)ccc1F. The van der Waals surface area contributed by atoms with Gasteiger partial charge in [0, 0.05) is 6.54 Å². The first-order chi connectivity index (χ1) is 7.29. The highest BCUT2D eigenvalue weighted by Crippen LogP contribution is 2.15. The molecule has 0 aliphatic carbocycles. The van der Waals surface area contributed by atoms with Crippen LogP contribution in [-0.4, -0.2) is 18.0 Å². The fraction of sp³-hybridized carbons (Fsp3) is 0.417. The van der Waals surface area contributed by atoms with E-state index in [1.165, 1.54) is 18.9 Å². The number of hydrogen-bond acceptors (Lipinski definition) is 2. The lowest BCUT2D eigenvalue weighted by Crippen LogP contribution is -2.18. The second-order valence-corrected chi connectivity index (χ2v) is 3.91. The van der Waals surface area contributed by atoms with E-state index in [9.17, 15) is 4.39 Å². The highest BCUT2D eigenvalue weighted by Gasteiger charge is 2.12. The quantitative estimate of drug-likeness (QED) is 0.739. The first-order valence-corrected chi connectivity index (χ1v) is 5.20. The van der Waals surface area contributed by atoms with Crippen molar-refractivity contribution >= 4 is 0 Å². The Morgan fingerprint density at radius 1 is 1.33 bits per heavy atom. The van der Waals surface area contributed by atoms with Crippen LogP contribution in [0.2, 0.25) is 0 Å². The summed E-state index contributed by atoms with van der Waals surface area (Å²) in [5.41, 5.74) is 1.17. The van der Waals surface area contributed by atoms with E-state index in [2.05, 4.69) is 4.90 Å². The fourth-order valence-corrected chi connectivity index (χ4v) is 1.96. The summed E-state index contributed by atoms with van der Waals surface area (Å²) in [4.78, 5) is 2.33. The van der Waals surface area contributed by atoms with Crippen LogP contribution in [0.1, 0.15) is 24.0 Å². The molecule has 78 valence electrons. The summed E-state index contributed by atoms with van der Waals surface area (Å²) < 4.78 is 13.0. The zero-order valence-corrected chi connectivity index (χ0v) is 8.54. The van der Waals surface area contributed by atoms with E-state index in [0.717, 1.165) is 25.2 Å². The van der Waals surface area contributed by atoms with Crippen molar-refractivity contribution < 1.29 is 4.39 Å². The number of benzene rings is 1. The Hall–Kier alpha value is -1.40. The van der Waals surface area contributed by atoms with Crippen molar-refractivity contribution in [2.45, 2.75) is 19.4 Å². The summed E-state index contributed by atoms with van der Waals surface area (Å²) in [6.07, 6.45) is 2.48. The normalized spacial score (nSPS) is 16.5. The van der Waals surface area contributed by atoms with Gasteiger partial charge in [-0.2, -0.15) is 5.26 Å². The maximum Gasteiger partial charge on any atom is 0.140 e. The van der Waals surface area contributed by atoms with Gasteiger partial charge >= 0.3 is 0 Å². The lowest BCUT2D eigenvalue weighted by atomic mass is 10.1. The Morgan fingerprint density at radius 3 is 2.73 bits per heavy atom. The second kappa shape index (κ2) is 4.41. The molecule has 1 aliphatic rings. The molecule has 0 radical (unpaired) electrons. The summed E-state index contributed by atoms with van der Waals surface area (Å²) in [6, 6.07) is 6.65. The molecule has 1 heterocycles. The molecule has 2 nitrogen and oxygen atoms in total. The number of halogens is 1. The summed E-state index contributed by atoms with van der Waals surface area (Å²) in [6.45, 7) is 3.05. The molecule has 1 aliphatic heterocycles. The molecule has 0 aromatic heterocycles. The standard InChI is InChI=1S/C12H13FN2/c13-12-4-3-10(7-11(12)8-14)9-15-5-1-2-6-15/h3-4,7H,1-2,5-6,9H2. The first kappa shape index (κ1) is 10.1. The molecular weight excluding hydrogens is 191 g/mol. The molecule has 15 heavy (non-hydrogen) atoms. The number of hydrogen-bond donors (Lipinski definition) is 0. The Morgan fingerprint density at radius 2 is 2.07 bits per heavy atom. The van der Waals surface area contributed by atoms with E-state index in [4.69, 9.17) is 5.26 Å². The fourth-order valence-electron chi connectivity index (χ4n) is 1.96. The minimum absolute atomic E-state index is 0.145. The predicted octanol–water partition coefficient (Wildman–Crippen LogP) is 2.29. The topological polar surface area (TPSA) is 27.0 Å². The monoisotopic (exact) mass is 204 g/mol. The largest absolute Gasteiger partial charge is 0.299 e. The zero-order chi connectivity index (χ0) is 10.7. The summed E-state index contributed by atoms with van der Waals surface area (Å²) >= 11 is 0. The number of nitriles is 1. The molecule has 0 atom stereocenters. The zero-order valence-electron chi connectivity index (χ0n) is 8.54. The molecule has 0 bridgehead atoms. The van der Waals surface area contributed by atoms with Crippen LogP contribution in [0, 0.1) is 17.1 Å². The van der Waals surface area contributed by atoms with E-state index in [1.807, 2.05) is 6.07 Å². The van der Waals surface area contributed by atoms with Gasteiger partial charge in [-0.05, 0) is 43.6 Å². The van der Waals surface area contributed by atoms with Gasteiger partial charge in [0.05, 0.1) is 5.56 Å². The van der Waals surface area contributed by atoms with Crippen LogP contribution in [0.15, 0.2) is 18.2 Å². The molecule has 1 fully saturated rings. The molecule has 1 aromatic carbocycles. The molecule has 1 saturated heterocycles. The Balaban J connectivity index is 2.11. The minimum atomic E-state index is -0.428. The van der Waals surface area contributed by atoms with Gasteiger partial charge in [0.1, 0.15) is 11.9 Å². The molecule has 0 saturated carbocycles. The molecule has 0 unspecified atom stereocenters. The third-order valence-corrected chi connectivity index (χ3v) is 2.76. The maximum absolute atomic E-state index is 13.0. The van der Waals surface area contributed by atoms with Crippen LogP contribution >= 0.6 is 0 Å². The molecular formula is C12H13FN2. The van der Waals surface area contributed by atoms with Gasteiger partial charge in [-0.1, -0.05) is 6.07 Å². The Bertz CT molecular complexity index is 389. The van der Waals surface area contributed by atoms with Gasteiger partial charge in [-0.3, -0.25) is 4.90 Å². The molecule has 0 spiro atoms. The predicted molar refractivity (Wildman–Crippen MR) is 55.6 cm³/mol. The molecule has 1 aromatic rings. The van der Waals surface area contributed by atoms with Gasteiger partial charge < -0.3 is 0 Å². The van der Waals surface area contributed by atoms with Gasteiger partial charge in [0.2, 0.25) is 0 Å². The Kier molecular flexibility index (Phi) is 2.98. The summed E-state index contributed by atoms with van der Waals surface area (Å²) in [5.74, 6) is -0.428. The minimum Gasteiger partial charge on any atom is -0.299 e. The van der Waals surface area contributed by atoms with Crippen LogP contribution in [0.3, 0.4) is 0 Å². The van der Waals surface area contributed by atoms with Crippen molar-refractivity contribution in [2.75, 3.05) is 13.1 Å². The lowest BCUT2D eigenvalue weighted by Gasteiger charge is -2.14. The van der Waals surface area contributed by atoms with Crippen molar-refractivity contribution in [2.24, 2.45) is 0 Å². The molecule has 3 heteroatoms. The van der Waals surface area contributed by atoms with Crippen LogP contribution in [-0.2, 0) is 6.54 Å². The highest BCUT2D eigenvalue weighted by molar-refractivity contribution is 5.34. The third kappa shape index (κ3) is 2.34. The second-order valence-electron chi connectivity index (χ2n) is 3.91. The van der Waals surface area contributed by atoms with Crippen molar-refractivity contribution in [1.82, 2.24) is 4.90 Å². The van der Waals surface area contributed by atoms with Gasteiger partial charge in [-0.15, -0.1) is 0 Å². The van der Waals surface area contributed by atoms with Crippen LogP contribution in [0.5, 0.6) is 0 Å². The number of likely N-dealkylation sites (tertiary alicyclic amines) is 1. The molecule has 2 rings (SSSR count). The smallest absolute Gasteiger partial charge is 0.140 e. The van der Waals surface area contributed by atoms with Gasteiger partial charge in [0.25, 0.3) is 0 Å². The first-order valence-electron chi connectivity index (χ1n) is 5.20. The van der Waals surface area contributed by atoms with Crippen LogP contribution in [0.4, 0.5) is 4.39 Å². The maximum atomic E-state index is 13.0. The molecule has 0 amide bonds. The Labute approximate surface area is 88.9 Å². The van der Waals surface area contributed by atoms with E-state index in [1.54, 1.807) is 12.1 Å². The van der Waals surface area contributed by atoms with Crippen LogP contribution in [0.25, 0.3) is 0 Å². The van der Waals surface area contributed by atoms with Gasteiger partial charge in [-0.25, -0.2) is 4.39 Å². The van der Waals surface area contributed by atoms with Crippen molar-refractivity contribution in [1.29, 1.82) is 5.26 Å². The van der Waals surface area contributed by atoms with E-state index < -0.39 is 5.82 Å². The third-order valence-electron chi connectivity index (χ3n) is 2.76. The average molecular weight is 204 g/mol. The van der Waals surface area contributed by atoms with Crippen molar-refractivity contribution in [3.8, 4) is 6.07 Å². The summed E-state index contributed by atoms with van der Waals surface area (Å²) in [7, 11) is 0. The van der Waals surface area contributed by atoms with E-state index in [-0.39, 0.29) is 5.56 Å². The van der Waals surface area contributed by atoms with Crippen molar-refractivity contribution in [3.63, 3.8) is 0 Å². The molecule has 0 N–H and O–H groups in total. The van der Waals surface area contributed by atoms with Crippen LogP contribution < -0.4 is 0 Å². The van der Waals surface area contributed by atoms with Gasteiger partial charge in [0.15, 0.2) is 0 Å². The van der Waals surface area contributed by atoms with Crippen molar-refractivity contribution in [3.05, 3.63) is 35.1 Å². The summed E-state index contributed by atoms with van der Waals surface area (Å²) in [5, 5.41) is 8.70. The van der Waals surface area contributed by atoms with E-state index in [0.29, 0.717) is 0 Å². The van der Waals surface area contributed by atoms with E-state index >= 15 is 0 Å². The lowest BCUT2D eigenvalue weighted by molar-refractivity contribution is 0.331. The number of nitrogens with zero attached hydrogens (tertiary/aromatic N) is 2.